The van der Waals surface area contributed by atoms with E-state index in [1.54, 1.807) is 24.3 Å². The molecule has 1 aromatic carbocycles. The number of rotatable bonds is 10. The van der Waals surface area contributed by atoms with Gasteiger partial charge in [-0.25, -0.2) is 0 Å². The van der Waals surface area contributed by atoms with Gasteiger partial charge in [-0.1, -0.05) is 26.7 Å². The van der Waals surface area contributed by atoms with Crippen molar-refractivity contribution < 1.29 is 19.4 Å². The molecule has 0 bridgehead atoms. The average molecular weight is 307 g/mol. The predicted molar refractivity (Wildman–Crippen MR) is 86.1 cm³/mol. The third-order valence-electron chi connectivity index (χ3n) is 3.36. The van der Waals surface area contributed by atoms with Gasteiger partial charge in [0, 0.05) is 18.0 Å². The molecule has 1 atom stereocenters. The summed E-state index contributed by atoms with van der Waals surface area (Å²) in [4.78, 5) is 22.4. The van der Waals surface area contributed by atoms with Crippen molar-refractivity contribution in [1.29, 1.82) is 0 Å². The summed E-state index contributed by atoms with van der Waals surface area (Å²) in [5.74, 6) is -0.114. The van der Waals surface area contributed by atoms with Gasteiger partial charge in [0.2, 0.25) is 5.91 Å². The lowest BCUT2D eigenvalue weighted by atomic mass is 10.0. The van der Waals surface area contributed by atoms with E-state index in [1.165, 1.54) is 0 Å². The molecule has 0 aliphatic carbocycles. The number of carboxylic acids is 1. The number of carbonyl (C=O) groups excluding carboxylic acids is 1. The second-order valence-electron chi connectivity index (χ2n) is 5.40. The first-order valence-electron chi connectivity index (χ1n) is 7.78. The fourth-order valence-electron chi connectivity index (χ4n) is 1.95. The number of hydrogen-bond acceptors (Lipinski definition) is 3. The molecule has 1 aromatic rings. The molecule has 5 heteroatoms. The van der Waals surface area contributed by atoms with Crippen molar-refractivity contribution in [2.24, 2.45) is 5.92 Å². The number of anilines is 1. The van der Waals surface area contributed by atoms with E-state index in [0.717, 1.165) is 24.9 Å². The minimum atomic E-state index is -0.821. The average Bonchev–Trinajstić information content (AvgIpc) is 2.50. The van der Waals surface area contributed by atoms with Gasteiger partial charge in [0.25, 0.3) is 0 Å². The van der Waals surface area contributed by atoms with Crippen LogP contribution in [0.4, 0.5) is 5.69 Å². The predicted octanol–water partition coefficient (Wildman–Crippen LogP) is 3.70. The zero-order valence-electron chi connectivity index (χ0n) is 13.3. The van der Waals surface area contributed by atoms with Gasteiger partial charge in [0.05, 0.1) is 6.61 Å². The number of ether oxygens (including phenoxy) is 1. The first-order valence-corrected chi connectivity index (χ1v) is 7.78. The third kappa shape index (κ3) is 7.11. The van der Waals surface area contributed by atoms with E-state index < -0.39 is 5.97 Å². The maximum Gasteiger partial charge on any atom is 0.303 e. The van der Waals surface area contributed by atoms with E-state index in [4.69, 9.17) is 9.84 Å². The highest BCUT2D eigenvalue weighted by atomic mass is 16.5. The van der Waals surface area contributed by atoms with Crippen LogP contribution < -0.4 is 10.1 Å². The topological polar surface area (TPSA) is 75.6 Å². The normalized spacial score (nSPS) is 11.7. The maximum absolute atomic E-state index is 12.0. The van der Waals surface area contributed by atoms with Gasteiger partial charge in [-0.05, 0) is 37.1 Å². The molecular weight excluding hydrogens is 282 g/mol. The molecule has 0 aliphatic heterocycles. The van der Waals surface area contributed by atoms with Crippen LogP contribution in [-0.2, 0) is 9.59 Å². The molecule has 5 nitrogen and oxygen atoms in total. The molecule has 0 radical (unpaired) electrons. The summed E-state index contributed by atoms with van der Waals surface area (Å²) in [5, 5.41) is 11.4. The van der Waals surface area contributed by atoms with E-state index in [9.17, 15) is 9.59 Å². The molecule has 0 saturated heterocycles. The van der Waals surface area contributed by atoms with Crippen molar-refractivity contribution in [3.8, 4) is 5.75 Å². The lowest BCUT2D eigenvalue weighted by Gasteiger charge is -2.12. The van der Waals surface area contributed by atoms with Crippen molar-refractivity contribution in [2.75, 3.05) is 11.9 Å². The first-order chi connectivity index (χ1) is 10.5. The van der Waals surface area contributed by atoms with Gasteiger partial charge in [0.15, 0.2) is 0 Å². The number of carboxylic acid groups (broad SMARTS) is 1. The summed E-state index contributed by atoms with van der Waals surface area (Å²) in [6.07, 6.45) is 3.61. The van der Waals surface area contributed by atoms with Crippen molar-refractivity contribution in [1.82, 2.24) is 0 Å². The standard InChI is InChI=1S/C17H25NO4/c1-3-4-6-13(2)17(21)18-14-8-10-15(11-9-14)22-12-5-7-16(19)20/h8-11,13H,3-7,12H2,1-2H3,(H,18,21)(H,19,20). The van der Waals surface area contributed by atoms with Gasteiger partial charge >= 0.3 is 5.97 Å². The van der Waals surface area contributed by atoms with Crippen molar-refractivity contribution >= 4 is 17.6 Å². The van der Waals surface area contributed by atoms with E-state index in [-0.39, 0.29) is 18.2 Å². The minimum absolute atomic E-state index is 0.00638. The number of amides is 1. The third-order valence-corrected chi connectivity index (χ3v) is 3.36. The first kappa shape index (κ1) is 18.0. The Morgan fingerprint density at radius 1 is 1.23 bits per heavy atom. The summed E-state index contributed by atoms with van der Waals surface area (Å²) in [6.45, 7) is 4.41. The van der Waals surface area contributed by atoms with E-state index >= 15 is 0 Å². The number of nitrogens with one attached hydrogen (secondary N) is 1. The van der Waals surface area contributed by atoms with Crippen LogP contribution in [0, 0.1) is 5.92 Å². The molecule has 0 saturated carbocycles. The largest absolute Gasteiger partial charge is 0.494 e. The zero-order chi connectivity index (χ0) is 16.4. The SMILES string of the molecule is CCCCC(C)C(=O)Nc1ccc(OCCCC(=O)O)cc1. The smallest absolute Gasteiger partial charge is 0.303 e. The van der Waals surface area contributed by atoms with Crippen molar-refractivity contribution in [2.45, 2.75) is 46.0 Å². The van der Waals surface area contributed by atoms with Gasteiger partial charge in [-0.2, -0.15) is 0 Å². The van der Waals surface area contributed by atoms with Crippen LogP contribution in [0.1, 0.15) is 46.0 Å². The van der Waals surface area contributed by atoms with Crippen LogP contribution >= 0.6 is 0 Å². The van der Waals surface area contributed by atoms with E-state index in [1.807, 2.05) is 6.92 Å². The zero-order valence-corrected chi connectivity index (χ0v) is 13.3. The van der Waals surface area contributed by atoms with Crippen molar-refractivity contribution in [3.63, 3.8) is 0 Å². The molecule has 0 spiro atoms. The molecule has 1 unspecified atom stereocenters. The Morgan fingerprint density at radius 3 is 2.50 bits per heavy atom. The summed E-state index contributed by atoms with van der Waals surface area (Å²) in [5.41, 5.74) is 0.742. The molecular formula is C17H25NO4. The number of hydrogen-bond donors (Lipinski definition) is 2. The van der Waals surface area contributed by atoms with Gasteiger partial charge in [-0.15, -0.1) is 0 Å². The Hall–Kier alpha value is -2.04. The molecule has 1 rings (SSSR count). The summed E-state index contributed by atoms with van der Waals surface area (Å²) < 4.78 is 5.44. The molecule has 0 aliphatic rings. The number of benzene rings is 1. The lowest BCUT2D eigenvalue weighted by Crippen LogP contribution is -2.20. The van der Waals surface area contributed by atoms with Gasteiger partial charge in [-0.3, -0.25) is 9.59 Å². The number of unbranched alkanes of at least 4 members (excludes halogenated alkanes) is 1. The highest BCUT2D eigenvalue weighted by Gasteiger charge is 2.12. The molecule has 22 heavy (non-hydrogen) atoms. The number of aliphatic carboxylic acids is 1. The Morgan fingerprint density at radius 2 is 1.91 bits per heavy atom. The van der Waals surface area contributed by atoms with E-state index in [2.05, 4.69) is 12.2 Å². The Bertz CT molecular complexity index is 470. The number of carbonyl (C=O) groups is 2. The highest BCUT2D eigenvalue weighted by Crippen LogP contribution is 2.17. The van der Waals surface area contributed by atoms with E-state index in [0.29, 0.717) is 18.8 Å². The Kier molecular flexibility index (Phi) is 8.04. The fraction of sp³-hybridized carbons (Fsp3) is 0.529. The minimum Gasteiger partial charge on any atom is -0.494 e. The summed E-state index contributed by atoms with van der Waals surface area (Å²) >= 11 is 0. The Labute approximate surface area is 131 Å². The lowest BCUT2D eigenvalue weighted by molar-refractivity contribution is -0.137. The van der Waals surface area contributed by atoms with Crippen LogP contribution in [0.2, 0.25) is 0 Å². The quantitative estimate of drug-likeness (QED) is 0.646. The van der Waals surface area contributed by atoms with Crippen LogP contribution in [0.25, 0.3) is 0 Å². The maximum atomic E-state index is 12.0. The van der Waals surface area contributed by atoms with Gasteiger partial charge in [0.1, 0.15) is 5.75 Å². The van der Waals surface area contributed by atoms with Gasteiger partial charge < -0.3 is 15.2 Å². The highest BCUT2D eigenvalue weighted by molar-refractivity contribution is 5.92. The van der Waals surface area contributed by atoms with Crippen LogP contribution in [0.3, 0.4) is 0 Å². The van der Waals surface area contributed by atoms with Crippen LogP contribution in [0.15, 0.2) is 24.3 Å². The second-order valence-corrected chi connectivity index (χ2v) is 5.40. The summed E-state index contributed by atoms with van der Waals surface area (Å²) in [7, 11) is 0. The fourth-order valence-corrected chi connectivity index (χ4v) is 1.95. The molecule has 0 aromatic heterocycles. The monoisotopic (exact) mass is 307 g/mol. The second kappa shape index (κ2) is 9.82. The molecule has 1 amide bonds. The van der Waals surface area contributed by atoms with Crippen LogP contribution in [0.5, 0.6) is 5.75 Å². The molecule has 122 valence electrons. The molecule has 0 fully saturated rings. The van der Waals surface area contributed by atoms with Crippen molar-refractivity contribution in [3.05, 3.63) is 24.3 Å². The summed E-state index contributed by atoms with van der Waals surface area (Å²) in [6, 6.07) is 7.12. The molecule has 0 heterocycles. The van der Waals surface area contributed by atoms with Crippen LogP contribution in [-0.4, -0.2) is 23.6 Å². The molecule has 2 N–H and O–H groups in total. The Balaban J connectivity index is 2.37.